The quantitative estimate of drug-likeness (QED) is 0.594. The van der Waals surface area contributed by atoms with E-state index in [1.165, 1.54) is 10.5 Å². The lowest BCUT2D eigenvalue weighted by atomic mass is 10.2. The van der Waals surface area contributed by atoms with E-state index < -0.39 is 0 Å². The molecule has 6 heteroatoms. The van der Waals surface area contributed by atoms with E-state index in [4.69, 9.17) is 4.74 Å². The highest BCUT2D eigenvalue weighted by molar-refractivity contribution is 5.96. The van der Waals surface area contributed by atoms with E-state index in [2.05, 4.69) is 31.1 Å². The maximum absolute atomic E-state index is 12.3. The Labute approximate surface area is 178 Å². The van der Waals surface area contributed by atoms with Crippen molar-refractivity contribution in [2.75, 3.05) is 37.0 Å². The average molecular weight is 409 g/mol. The van der Waals surface area contributed by atoms with Gasteiger partial charge in [-0.05, 0) is 55.0 Å². The summed E-state index contributed by atoms with van der Waals surface area (Å²) in [6.45, 7) is 6.49. The van der Waals surface area contributed by atoms with E-state index in [0.29, 0.717) is 19.4 Å². The Balaban J connectivity index is 1.41. The Hall–Kier alpha value is -3.12. The first kappa shape index (κ1) is 21.6. The number of hydrogen-bond donors (Lipinski definition) is 2. The van der Waals surface area contributed by atoms with Gasteiger partial charge in [-0.1, -0.05) is 12.7 Å². The summed E-state index contributed by atoms with van der Waals surface area (Å²) in [7, 11) is 2.08. The molecule has 2 N–H and O–H groups in total. The number of rotatable bonds is 10. The van der Waals surface area contributed by atoms with E-state index in [1.54, 1.807) is 11.0 Å². The van der Waals surface area contributed by atoms with E-state index in [-0.39, 0.29) is 11.8 Å². The van der Waals surface area contributed by atoms with Gasteiger partial charge in [-0.2, -0.15) is 0 Å². The lowest BCUT2D eigenvalue weighted by molar-refractivity contribution is -0.893. The number of hydrogen-bond acceptors (Lipinski definition) is 3. The third kappa shape index (κ3) is 6.19. The van der Waals surface area contributed by atoms with Crippen LogP contribution in [0.3, 0.4) is 0 Å². The summed E-state index contributed by atoms with van der Waals surface area (Å²) in [5.41, 5.74) is 2.84. The first-order valence-corrected chi connectivity index (χ1v) is 10.4. The van der Waals surface area contributed by atoms with Gasteiger partial charge in [0.1, 0.15) is 18.9 Å². The molecule has 0 saturated carbocycles. The van der Waals surface area contributed by atoms with Crippen LogP contribution in [0.15, 0.2) is 61.2 Å². The first-order valence-electron chi connectivity index (χ1n) is 10.4. The second kappa shape index (κ2) is 10.6. The standard InChI is InChI=1S/C24H29N3O3/c1-3-17-30-22-12-6-19(7-13-22)18-26(2)16-14-23(28)25-20-8-10-21(11-9-20)27-15-4-5-24(27)29/h3,6-13H,1,4-5,14-18H2,2H3,(H,25,28)/p+1. The zero-order valence-electron chi connectivity index (χ0n) is 17.5. The maximum Gasteiger partial charge on any atom is 0.230 e. The minimum Gasteiger partial charge on any atom is -0.490 e. The monoisotopic (exact) mass is 408 g/mol. The number of benzene rings is 2. The van der Waals surface area contributed by atoms with Crippen molar-refractivity contribution >= 4 is 23.2 Å². The van der Waals surface area contributed by atoms with Crippen LogP contribution in [0.25, 0.3) is 0 Å². The molecular formula is C24H30N3O3+. The molecule has 0 bridgehead atoms. The molecule has 2 aromatic rings. The zero-order valence-corrected chi connectivity index (χ0v) is 17.5. The van der Waals surface area contributed by atoms with Crippen LogP contribution in [0.5, 0.6) is 5.75 Å². The topological polar surface area (TPSA) is 63.1 Å². The van der Waals surface area contributed by atoms with Gasteiger partial charge < -0.3 is 19.9 Å². The van der Waals surface area contributed by atoms with Crippen LogP contribution in [0.4, 0.5) is 11.4 Å². The van der Waals surface area contributed by atoms with Crippen LogP contribution in [-0.4, -0.2) is 38.6 Å². The van der Waals surface area contributed by atoms with Gasteiger partial charge >= 0.3 is 0 Å². The smallest absolute Gasteiger partial charge is 0.230 e. The summed E-state index contributed by atoms with van der Waals surface area (Å²) in [6, 6.07) is 15.5. The molecule has 1 aliphatic rings. The summed E-state index contributed by atoms with van der Waals surface area (Å²) >= 11 is 0. The van der Waals surface area contributed by atoms with Crippen molar-refractivity contribution in [1.82, 2.24) is 0 Å². The largest absolute Gasteiger partial charge is 0.490 e. The van der Waals surface area contributed by atoms with Crippen molar-refractivity contribution in [3.63, 3.8) is 0 Å². The SMILES string of the molecule is C=CCOc1ccc(C[NH+](C)CCC(=O)Nc2ccc(N3CCCC3=O)cc2)cc1. The molecule has 30 heavy (non-hydrogen) atoms. The minimum absolute atomic E-state index is 0.00692. The lowest BCUT2D eigenvalue weighted by Gasteiger charge is -2.16. The van der Waals surface area contributed by atoms with Gasteiger partial charge in [0.05, 0.1) is 20.0 Å². The van der Waals surface area contributed by atoms with Gasteiger partial charge in [-0.3, -0.25) is 9.59 Å². The Morgan fingerprint density at radius 3 is 2.57 bits per heavy atom. The highest BCUT2D eigenvalue weighted by Crippen LogP contribution is 2.23. The normalized spacial score (nSPS) is 14.4. The number of nitrogens with one attached hydrogen (secondary N) is 2. The molecule has 1 aliphatic heterocycles. The van der Waals surface area contributed by atoms with Crippen molar-refractivity contribution < 1.29 is 19.2 Å². The van der Waals surface area contributed by atoms with Crippen LogP contribution in [0, 0.1) is 0 Å². The predicted molar refractivity (Wildman–Crippen MR) is 119 cm³/mol. The van der Waals surface area contributed by atoms with Gasteiger partial charge in [0.25, 0.3) is 0 Å². The number of carbonyl (C=O) groups excluding carboxylic acids is 2. The molecule has 0 radical (unpaired) electrons. The molecule has 1 saturated heterocycles. The van der Waals surface area contributed by atoms with Gasteiger partial charge in [0.2, 0.25) is 11.8 Å². The Morgan fingerprint density at radius 1 is 1.20 bits per heavy atom. The zero-order chi connectivity index (χ0) is 21.3. The van der Waals surface area contributed by atoms with E-state index in [0.717, 1.165) is 43.2 Å². The molecule has 1 unspecified atom stereocenters. The third-order valence-electron chi connectivity index (χ3n) is 5.11. The summed E-state index contributed by atoms with van der Waals surface area (Å²) in [4.78, 5) is 27.2. The average Bonchev–Trinajstić information content (AvgIpc) is 3.18. The Kier molecular flexibility index (Phi) is 7.63. The Morgan fingerprint density at radius 2 is 1.93 bits per heavy atom. The van der Waals surface area contributed by atoms with Crippen molar-refractivity contribution in [2.45, 2.75) is 25.8 Å². The fourth-order valence-corrected chi connectivity index (χ4v) is 3.49. The fraction of sp³-hybridized carbons (Fsp3) is 0.333. The summed E-state index contributed by atoms with van der Waals surface area (Å²) in [5.74, 6) is 0.986. The van der Waals surface area contributed by atoms with Gasteiger partial charge in [0, 0.05) is 29.9 Å². The molecule has 6 nitrogen and oxygen atoms in total. The molecule has 0 spiro atoms. The van der Waals surface area contributed by atoms with Crippen LogP contribution in [0.2, 0.25) is 0 Å². The van der Waals surface area contributed by atoms with E-state index in [1.807, 2.05) is 36.4 Å². The maximum atomic E-state index is 12.3. The Bertz CT molecular complexity index is 862. The molecule has 1 fully saturated rings. The fourth-order valence-electron chi connectivity index (χ4n) is 3.49. The molecule has 2 amide bonds. The summed E-state index contributed by atoms with van der Waals surface area (Å²) < 4.78 is 5.50. The molecule has 0 aliphatic carbocycles. The van der Waals surface area contributed by atoms with E-state index in [9.17, 15) is 9.59 Å². The minimum atomic E-state index is -0.00692. The molecule has 0 aromatic heterocycles. The molecule has 1 atom stereocenters. The summed E-state index contributed by atoms with van der Waals surface area (Å²) in [6.07, 6.45) is 3.68. The van der Waals surface area contributed by atoms with Gasteiger partial charge in [-0.15, -0.1) is 0 Å². The molecular weight excluding hydrogens is 378 g/mol. The van der Waals surface area contributed by atoms with Crippen molar-refractivity contribution in [2.24, 2.45) is 0 Å². The van der Waals surface area contributed by atoms with Crippen LogP contribution in [0.1, 0.15) is 24.8 Å². The number of carbonyl (C=O) groups is 2. The van der Waals surface area contributed by atoms with Gasteiger partial charge in [-0.25, -0.2) is 0 Å². The van der Waals surface area contributed by atoms with Gasteiger partial charge in [0.15, 0.2) is 0 Å². The van der Waals surface area contributed by atoms with Crippen LogP contribution < -0.4 is 19.9 Å². The number of ether oxygens (including phenoxy) is 1. The number of quaternary nitrogens is 1. The van der Waals surface area contributed by atoms with Crippen LogP contribution in [-0.2, 0) is 16.1 Å². The molecule has 158 valence electrons. The molecule has 2 aromatic carbocycles. The van der Waals surface area contributed by atoms with E-state index >= 15 is 0 Å². The predicted octanol–water partition coefficient (Wildman–Crippen LogP) is 2.42. The number of amides is 2. The highest BCUT2D eigenvalue weighted by atomic mass is 16.5. The van der Waals surface area contributed by atoms with Crippen LogP contribution >= 0.6 is 0 Å². The molecule has 1 heterocycles. The molecule has 3 rings (SSSR count). The second-order valence-electron chi connectivity index (χ2n) is 7.62. The number of nitrogens with zero attached hydrogens (tertiary/aromatic N) is 1. The van der Waals surface area contributed by atoms with Crippen molar-refractivity contribution in [3.05, 3.63) is 66.7 Å². The highest BCUT2D eigenvalue weighted by Gasteiger charge is 2.21. The second-order valence-corrected chi connectivity index (χ2v) is 7.62. The van der Waals surface area contributed by atoms with Crippen molar-refractivity contribution in [3.8, 4) is 5.75 Å². The lowest BCUT2D eigenvalue weighted by Crippen LogP contribution is -3.07. The number of anilines is 2. The third-order valence-corrected chi connectivity index (χ3v) is 5.11. The first-order chi connectivity index (χ1) is 14.5. The van der Waals surface area contributed by atoms with Crippen molar-refractivity contribution in [1.29, 1.82) is 0 Å². The summed E-state index contributed by atoms with van der Waals surface area (Å²) in [5, 5.41) is 2.94.